The van der Waals surface area contributed by atoms with Crippen LogP contribution in [0.3, 0.4) is 0 Å². The second-order valence-electron chi connectivity index (χ2n) is 16.4. The highest BCUT2D eigenvalue weighted by Crippen LogP contribution is 2.41. The van der Waals surface area contributed by atoms with E-state index in [2.05, 4.69) is 195 Å². The van der Waals surface area contributed by atoms with E-state index in [4.69, 9.17) is 16.1 Å². The first-order valence-corrected chi connectivity index (χ1v) is 22.5. The number of unbranched alkanes of at least 4 members (excludes halogenated alkanes) is 3. The Morgan fingerprint density at radius 2 is 1.11 bits per heavy atom. The third-order valence-corrected chi connectivity index (χ3v) is 12.6. The van der Waals surface area contributed by atoms with Crippen LogP contribution in [0, 0.1) is 43.6 Å². The standard InChI is InChI=1S/C56H49IN4O/c1-7-9-10-11-30-62-42-20-21-43(35(4)33-42)55-48-26-22-44(58-48)53(39-14-12-38(8-2)13-15-39)46-24-28-50(60-46)56(52-36(5)31-34(3)32-37(52)6)51-29-25-47(61-51)54(45-23-27-49(55)59-45)40-16-18-41(57)19-17-40/h2,12-29,31-33,59-60H,7,9-11,30H2,1,3-6H3/i2T. The number of hydrogen-bond donors (Lipinski definition) is 2. The van der Waals surface area contributed by atoms with Crippen molar-refractivity contribution in [1.29, 1.82) is 0 Å². The van der Waals surface area contributed by atoms with Crippen molar-refractivity contribution in [3.05, 3.63) is 157 Å². The number of aromatic amines is 2. The van der Waals surface area contributed by atoms with Gasteiger partial charge in [0.1, 0.15) is 7.12 Å². The predicted molar refractivity (Wildman–Crippen MR) is 270 cm³/mol. The van der Waals surface area contributed by atoms with Gasteiger partial charge in [0.25, 0.3) is 0 Å². The summed E-state index contributed by atoms with van der Waals surface area (Å²) in [5.41, 5.74) is 21.1. The van der Waals surface area contributed by atoms with Crippen molar-refractivity contribution in [2.24, 2.45) is 0 Å². The van der Waals surface area contributed by atoms with Crippen LogP contribution in [0.5, 0.6) is 5.75 Å². The van der Waals surface area contributed by atoms with Gasteiger partial charge in [0, 0.05) is 53.5 Å². The van der Waals surface area contributed by atoms with Crippen LogP contribution in [0.4, 0.5) is 0 Å². The third-order valence-electron chi connectivity index (χ3n) is 11.9. The first-order chi connectivity index (χ1) is 30.7. The number of ether oxygens (including phenoxy) is 1. The van der Waals surface area contributed by atoms with Gasteiger partial charge in [-0.15, -0.1) is 6.40 Å². The van der Waals surface area contributed by atoms with Gasteiger partial charge in [-0.2, -0.15) is 0 Å². The maximum Gasteiger partial charge on any atom is 0.124 e. The van der Waals surface area contributed by atoms with Crippen molar-refractivity contribution in [2.45, 2.75) is 60.3 Å². The minimum absolute atomic E-state index is 0.705. The Morgan fingerprint density at radius 1 is 0.581 bits per heavy atom. The van der Waals surface area contributed by atoms with E-state index in [1.807, 2.05) is 12.1 Å². The molecule has 7 aromatic rings. The summed E-state index contributed by atoms with van der Waals surface area (Å²) in [5, 5.41) is 0. The molecule has 0 aliphatic carbocycles. The van der Waals surface area contributed by atoms with Crippen molar-refractivity contribution in [2.75, 3.05) is 6.61 Å². The number of rotatable bonds is 10. The molecule has 9 rings (SSSR count). The predicted octanol–water partition coefficient (Wildman–Crippen LogP) is 15.1. The molecule has 0 atom stereocenters. The fourth-order valence-electron chi connectivity index (χ4n) is 9.00. The Labute approximate surface area is 379 Å². The monoisotopic (exact) mass is 922 g/mol. The molecule has 2 aliphatic rings. The van der Waals surface area contributed by atoms with Gasteiger partial charge in [0.05, 0.1) is 29.4 Å². The lowest BCUT2D eigenvalue weighted by atomic mass is 9.92. The van der Waals surface area contributed by atoms with Gasteiger partial charge in [-0.1, -0.05) is 80.1 Å². The summed E-state index contributed by atoms with van der Waals surface area (Å²) >= 11 is 2.37. The Kier molecular flexibility index (Phi) is 11.2. The van der Waals surface area contributed by atoms with E-state index < -0.39 is 0 Å². The first kappa shape index (κ1) is 39.7. The SMILES string of the molecule is [3H]C#Cc1ccc(-c2c3nc(c(-c4ccc(OCCCCCC)cc4C)c4ccc([nH]4)c(-c4ccc(I)cc4)c4nc(c(-c5c(C)cc(C)cc5C)c5ccc2[nH]5)C=C4)C=C3)cc1. The summed E-state index contributed by atoms with van der Waals surface area (Å²) in [6.07, 6.45) is 15.5. The van der Waals surface area contributed by atoms with Crippen LogP contribution in [0.2, 0.25) is 0 Å². The number of aryl methyl sites for hydroxylation is 4. The van der Waals surface area contributed by atoms with Gasteiger partial charge in [-0.25, -0.2) is 9.97 Å². The summed E-state index contributed by atoms with van der Waals surface area (Å²) in [7, 11) is 0. The molecular weight excluding hydrogens is 872 g/mol. The molecule has 5 nitrogen and oxygen atoms in total. The smallest absolute Gasteiger partial charge is 0.124 e. The van der Waals surface area contributed by atoms with E-state index in [0.29, 0.717) is 6.61 Å². The number of fused-ring (bicyclic) bond motifs is 8. The van der Waals surface area contributed by atoms with Crippen molar-refractivity contribution in [3.8, 4) is 62.6 Å². The number of nitrogens with zero attached hydrogens (tertiary/aromatic N) is 2. The second kappa shape index (κ2) is 17.5. The molecule has 4 aromatic carbocycles. The largest absolute Gasteiger partial charge is 0.494 e. The van der Waals surface area contributed by atoms with Crippen molar-refractivity contribution < 1.29 is 6.11 Å². The molecule has 2 aliphatic heterocycles. The van der Waals surface area contributed by atoms with Gasteiger partial charge < -0.3 is 14.7 Å². The third kappa shape index (κ3) is 8.06. The van der Waals surface area contributed by atoms with Crippen LogP contribution in [-0.2, 0) is 0 Å². The number of hydrogen-bond acceptors (Lipinski definition) is 3. The Hall–Kier alpha value is -6.43. The lowest BCUT2D eigenvalue weighted by Crippen LogP contribution is -1.98. The Balaban J connectivity index is 1.39. The molecule has 0 radical (unpaired) electrons. The highest BCUT2D eigenvalue weighted by molar-refractivity contribution is 14.1. The van der Waals surface area contributed by atoms with E-state index in [1.165, 1.54) is 39.5 Å². The fourth-order valence-corrected chi connectivity index (χ4v) is 9.36. The van der Waals surface area contributed by atoms with Gasteiger partial charge in [0.15, 0.2) is 0 Å². The number of halogens is 1. The fraction of sp³-hybridized carbons (Fsp3) is 0.179. The molecule has 62 heavy (non-hydrogen) atoms. The maximum absolute atomic E-state index is 7.49. The lowest BCUT2D eigenvalue weighted by Gasteiger charge is -2.13. The minimum atomic E-state index is 0.705. The minimum Gasteiger partial charge on any atom is -0.494 e. The average molecular weight is 923 g/mol. The van der Waals surface area contributed by atoms with E-state index in [1.54, 1.807) is 0 Å². The molecule has 6 heteroatoms. The van der Waals surface area contributed by atoms with Gasteiger partial charge in [-0.3, -0.25) is 0 Å². The van der Waals surface area contributed by atoms with Gasteiger partial charge >= 0.3 is 0 Å². The molecule has 0 spiro atoms. The zero-order valence-electron chi connectivity index (χ0n) is 36.8. The zero-order chi connectivity index (χ0) is 43.6. The topological polar surface area (TPSA) is 66.6 Å². The summed E-state index contributed by atoms with van der Waals surface area (Å²) < 4.78 is 14.9. The number of benzene rings is 4. The summed E-state index contributed by atoms with van der Waals surface area (Å²) in [6.45, 7) is 11.6. The molecule has 0 amide bonds. The molecule has 0 saturated heterocycles. The lowest BCUT2D eigenvalue weighted by molar-refractivity contribution is 0.305. The van der Waals surface area contributed by atoms with Crippen LogP contribution in [0.25, 0.3) is 90.9 Å². The Morgan fingerprint density at radius 3 is 1.68 bits per heavy atom. The van der Waals surface area contributed by atoms with Gasteiger partial charge in [0.2, 0.25) is 0 Å². The quantitative estimate of drug-likeness (QED) is 0.0816. The molecule has 306 valence electrons. The molecule has 2 N–H and O–H groups in total. The van der Waals surface area contributed by atoms with Crippen molar-refractivity contribution in [3.63, 3.8) is 0 Å². The molecule has 0 unspecified atom stereocenters. The van der Waals surface area contributed by atoms with E-state index in [0.717, 1.165) is 113 Å². The van der Waals surface area contributed by atoms with E-state index in [9.17, 15) is 0 Å². The Bertz CT molecular complexity index is 3170. The first-order valence-electron chi connectivity index (χ1n) is 22.0. The highest BCUT2D eigenvalue weighted by atomic mass is 127. The van der Waals surface area contributed by atoms with Crippen molar-refractivity contribution >= 4 is 69.0 Å². The highest BCUT2D eigenvalue weighted by Gasteiger charge is 2.21. The van der Waals surface area contributed by atoms with Crippen molar-refractivity contribution in [1.82, 2.24) is 19.9 Å². The normalized spacial score (nSPS) is 12.0. The number of terminal acetylenes is 1. The second-order valence-corrected chi connectivity index (χ2v) is 17.6. The molecule has 0 fully saturated rings. The molecule has 8 bridgehead atoms. The van der Waals surface area contributed by atoms with E-state index in [-0.39, 0.29) is 0 Å². The maximum atomic E-state index is 7.49. The van der Waals surface area contributed by atoms with Crippen LogP contribution in [0.1, 0.15) is 84.6 Å². The number of H-pyrrole nitrogens is 2. The van der Waals surface area contributed by atoms with Crippen LogP contribution >= 0.6 is 22.6 Å². The number of nitrogens with one attached hydrogen (secondary N) is 2. The van der Waals surface area contributed by atoms with Crippen LogP contribution in [0.15, 0.2) is 103 Å². The van der Waals surface area contributed by atoms with E-state index >= 15 is 0 Å². The molecular formula is C56H49IN4O. The molecule has 5 heterocycles. The summed E-state index contributed by atoms with van der Waals surface area (Å²) in [6, 6.07) is 36.4. The zero-order valence-corrected chi connectivity index (χ0v) is 38.0. The molecule has 3 aromatic heterocycles. The average Bonchev–Trinajstić information content (AvgIpc) is 4.12. The summed E-state index contributed by atoms with van der Waals surface area (Å²) in [5.74, 6) is 3.76. The summed E-state index contributed by atoms with van der Waals surface area (Å²) in [4.78, 5) is 18.8. The van der Waals surface area contributed by atoms with Crippen LogP contribution in [-0.4, -0.2) is 26.5 Å². The van der Waals surface area contributed by atoms with Crippen LogP contribution < -0.4 is 4.74 Å². The number of aromatic nitrogens is 4. The molecule has 0 saturated carbocycles. The van der Waals surface area contributed by atoms with Gasteiger partial charge in [-0.05, 0) is 181 Å².